The number of hydrogen-bond acceptors (Lipinski definition) is 4. The predicted molar refractivity (Wildman–Crippen MR) is 63.9 cm³/mol. The molecule has 0 radical (unpaired) electrons. The average Bonchev–Trinajstić information content (AvgIpc) is 2.68. The van der Waals surface area contributed by atoms with Crippen molar-refractivity contribution in [3.63, 3.8) is 0 Å². The second-order valence-electron chi connectivity index (χ2n) is 3.98. The van der Waals surface area contributed by atoms with Crippen molar-refractivity contribution in [2.75, 3.05) is 0 Å². The predicted octanol–water partition coefficient (Wildman–Crippen LogP) is 1.72. The fourth-order valence-electron chi connectivity index (χ4n) is 1.69. The van der Waals surface area contributed by atoms with Crippen LogP contribution >= 0.6 is 0 Å². The van der Waals surface area contributed by atoms with Crippen molar-refractivity contribution in [2.24, 2.45) is 0 Å². The van der Waals surface area contributed by atoms with Crippen LogP contribution in [0.1, 0.15) is 36.8 Å². The summed E-state index contributed by atoms with van der Waals surface area (Å²) in [5, 5.41) is 13.9. The van der Waals surface area contributed by atoms with Gasteiger partial charge in [-0.3, -0.25) is 4.98 Å². The van der Waals surface area contributed by atoms with E-state index >= 15 is 0 Å². The van der Waals surface area contributed by atoms with Crippen molar-refractivity contribution in [3.8, 4) is 5.69 Å². The van der Waals surface area contributed by atoms with Crippen molar-refractivity contribution >= 4 is 0 Å². The van der Waals surface area contributed by atoms with Crippen molar-refractivity contribution in [2.45, 2.75) is 33.3 Å². The zero-order valence-corrected chi connectivity index (χ0v) is 10.3. The summed E-state index contributed by atoms with van der Waals surface area (Å²) >= 11 is 0. The zero-order chi connectivity index (χ0) is 12.4. The Hall–Kier alpha value is -1.75. The topological polar surface area (TPSA) is 63.8 Å². The molecule has 2 aromatic heterocycles. The Labute approximate surface area is 100 Å². The third-order valence-corrected chi connectivity index (χ3v) is 2.62. The first-order valence-electron chi connectivity index (χ1n) is 5.66. The molecule has 0 aliphatic heterocycles. The number of aliphatic hydroxyl groups excluding tert-OH is 1. The van der Waals surface area contributed by atoms with Gasteiger partial charge in [-0.05, 0) is 32.4 Å². The van der Waals surface area contributed by atoms with Crippen molar-refractivity contribution in [1.82, 2.24) is 19.7 Å². The van der Waals surface area contributed by atoms with Crippen LogP contribution in [-0.4, -0.2) is 24.9 Å². The molecule has 2 aromatic rings. The van der Waals surface area contributed by atoms with Crippen LogP contribution in [0.2, 0.25) is 0 Å². The van der Waals surface area contributed by atoms with Gasteiger partial charge in [0.15, 0.2) is 0 Å². The Balaban J connectivity index is 2.32. The van der Waals surface area contributed by atoms with Crippen LogP contribution in [0.4, 0.5) is 0 Å². The maximum atomic E-state index is 9.65. The lowest BCUT2D eigenvalue weighted by molar-refractivity contribution is 0.169. The number of aryl methyl sites for hydroxylation is 2. The van der Waals surface area contributed by atoms with E-state index in [-0.39, 0.29) is 0 Å². The Morgan fingerprint density at radius 3 is 2.59 bits per heavy atom. The van der Waals surface area contributed by atoms with Crippen LogP contribution in [0.25, 0.3) is 5.69 Å². The van der Waals surface area contributed by atoms with Gasteiger partial charge < -0.3 is 5.11 Å². The second-order valence-corrected chi connectivity index (χ2v) is 3.98. The van der Waals surface area contributed by atoms with Crippen LogP contribution in [-0.2, 0) is 0 Å². The van der Waals surface area contributed by atoms with Gasteiger partial charge in [-0.25, -0.2) is 9.67 Å². The van der Waals surface area contributed by atoms with Crippen molar-refractivity contribution in [1.29, 1.82) is 0 Å². The smallest absolute Gasteiger partial charge is 0.148 e. The first-order chi connectivity index (χ1) is 8.11. The van der Waals surface area contributed by atoms with E-state index in [0.29, 0.717) is 12.1 Å². The highest BCUT2D eigenvalue weighted by atomic mass is 16.3. The Morgan fingerprint density at radius 2 is 2.12 bits per heavy atom. The molecule has 0 aliphatic carbocycles. The number of pyridine rings is 1. The number of aliphatic hydroxyl groups is 1. The van der Waals surface area contributed by atoms with Crippen LogP contribution in [0.15, 0.2) is 18.3 Å². The molecule has 5 heteroatoms. The summed E-state index contributed by atoms with van der Waals surface area (Å²) < 4.78 is 1.74. The molecule has 0 aliphatic rings. The minimum absolute atomic E-state index is 0.498. The van der Waals surface area contributed by atoms with E-state index < -0.39 is 6.10 Å². The van der Waals surface area contributed by atoms with Crippen molar-refractivity contribution < 1.29 is 5.11 Å². The summed E-state index contributed by atoms with van der Waals surface area (Å²) in [6, 6.07) is 3.71. The molecular formula is C12H16N4O. The molecule has 0 spiro atoms. The molecule has 0 saturated heterocycles. The summed E-state index contributed by atoms with van der Waals surface area (Å²) in [6.07, 6.45) is 1.87. The lowest BCUT2D eigenvalue weighted by Gasteiger charge is -2.08. The molecule has 2 rings (SSSR count). The molecule has 0 saturated carbocycles. The van der Waals surface area contributed by atoms with Gasteiger partial charge in [0.2, 0.25) is 0 Å². The van der Waals surface area contributed by atoms with Gasteiger partial charge in [0.1, 0.15) is 11.6 Å². The third kappa shape index (κ3) is 2.34. The first-order valence-corrected chi connectivity index (χ1v) is 5.66. The molecule has 0 bridgehead atoms. The summed E-state index contributed by atoms with van der Waals surface area (Å²) in [7, 11) is 0. The summed E-state index contributed by atoms with van der Waals surface area (Å²) in [5.74, 6) is 1.56. The fourth-order valence-corrected chi connectivity index (χ4v) is 1.69. The molecule has 1 atom stereocenters. The SMILES string of the molecule is CCC(O)c1ccc(-n2nc(C)nc2C)cn1. The van der Waals surface area contributed by atoms with E-state index in [0.717, 1.165) is 17.3 Å². The number of rotatable bonds is 3. The number of aromatic nitrogens is 4. The maximum absolute atomic E-state index is 9.65. The monoisotopic (exact) mass is 232 g/mol. The Kier molecular flexibility index (Phi) is 3.19. The molecule has 0 fully saturated rings. The van der Waals surface area contributed by atoms with Gasteiger partial charge in [0.25, 0.3) is 0 Å². The van der Waals surface area contributed by atoms with Gasteiger partial charge in [0.05, 0.1) is 23.7 Å². The molecule has 0 amide bonds. The zero-order valence-electron chi connectivity index (χ0n) is 10.3. The van der Waals surface area contributed by atoms with Gasteiger partial charge in [-0.2, -0.15) is 5.10 Å². The summed E-state index contributed by atoms with van der Waals surface area (Å²) in [6.45, 7) is 5.67. The summed E-state index contributed by atoms with van der Waals surface area (Å²) in [4.78, 5) is 8.47. The molecule has 1 N–H and O–H groups in total. The number of hydrogen-bond donors (Lipinski definition) is 1. The van der Waals surface area contributed by atoms with E-state index in [1.165, 1.54) is 0 Å². The van der Waals surface area contributed by atoms with Crippen LogP contribution < -0.4 is 0 Å². The number of nitrogens with zero attached hydrogens (tertiary/aromatic N) is 4. The highest BCUT2D eigenvalue weighted by molar-refractivity contribution is 5.30. The van der Waals surface area contributed by atoms with Gasteiger partial charge in [-0.15, -0.1) is 0 Å². The molecule has 1 unspecified atom stereocenters. The van der Waals surface area contributed by atoms with Crippen LogP contribution in [0.5, 0.6) is 0 Å². The molecule has 17 heavy (non-hydrogen) atoms. The molecule has 5 nitrogen and oxygen atoms in total. The minimum atomic E-state index is -0.498. The van der Waals surface area contributed by atoms with Crippen molar-refractivity contribution in [3.05, 3.63) is 35.7 Å². The Morgan fingerprint density at radius 1 is 1.35 bits per heavy atom. The highest BCUT2D eigenvalue weighted by Crippen LogP contribution is 2.15. The van der Waals surface area contributed by atoms with E-state index in [1.54, 1.807) is 10.9 Å². The quantitative estimate of drug-likeness (QED) is 0.875. The van der Waals surface area contributed by atoms with E-state index in [4.69, 9.17) is 0 Å². The first kappa shape index (κ1) is 11.7. The lowest BCUT2D eigenvalue weighted by Crippen LogP contribution is -2.03. The molecule has 0 aromatic carbocycles. The highest BCUT2D eigenvalue weighted by Gasteiger charge is 2.08. The van der Waals surface area contributed by atoms with Crippen LogP contribution in [0, 0.1) is 13.8 Å². The summed E-state index contributed by atoms with van der Waals surface area (Å²) in [5.41, 5.74) is 1.54. The fraction of sp³-hybridized carbons (Fsp3) is 0.417. The molecule has 2 heterocycles. The van der Waals surface area contributed by atoms with Gasteiger partial charge in [-0.1, -0.05) is 6.92 Å². The van der Waals surface area contributed by atoms with Crippen LogP contribution in [0.3, 0.4) is 0 Å². The van der Waals surface area contributed by atoms with E-state index in [2.05, 4.69) is 15.1 Å². The molecule has 90 valence electrons. The second kappa shape index (κ2) is 4.63. The normalized spacial score (nSPS) is 12.7. The minimum Gasteiger partial charge on any atom is -0.387 e. The van der Waals surface area contributed by atoms with Gasteiger partial charge >= 0.3 is 0 Å². The van der Waals surface area contributed by atoms with Gasteiger partial charge in [0, 0.05) is 0 Å². The van der Waals surface area contributed by atoms with E-state index in [1.807, 2.05) is 32.9 Å². The maximum Gasteiger partial charge on any atom is 0.148 e. The Bertz CT molecular complexity index is 504. The molecular weight excluding hydrogens is 216 g/mol. The largest absolute Gasteiger partial charge is 0.387 e. The standard InChI is InChI=1S/C12H16N4O/c1-4-12(17)11-6-5-10(7-13-11)16-9(3)14-8(2)15-16/h5-7,12,17H,4H2,1-3H3. The average molecular weight is 232 g/mol. The third-order valence-electron chi connectivity index (χ3n) is 2.62. The lowest BCUT2D eigenvalue weighted by atomic mass is 10.2. The van der Waals surface area contributed by atoms with E-state index in [9.17, 15) is 5.11 Å².